The molecule has 0 radical (unpaired) electrons. The number of fused-ring (bicyclic) bond motifs is 3. The largest absolute Gasteiger partial charge is 0.387 e. The molecule has 1 aliphatic rings. The lowest BCUT2D eigenvalue weighted by molar-refractivity contribution is 0.140. The van der Waals surface area contributed by atoms with Crippen LogP contribution in [-0.4, -0.2) is 9.67 Å². The van der Waals surface area contributed by atoms with Gasteiger partial charge in [-0.2, -0.15) is 0 Å². The van der Waals surface area contributed by atoms with Gasteiger partial charge in [-0.3, -0.25) is 0 Å². The summed E-state index contributed by atoms with van der Waals surface area (Å²) >= 11 is 0. The van der Waals surface area contributed by atoms with Crippen molar-refractivity contribution in [2.45, 2.75) is 32.4 Å². The zero-order valence-corrected chi connectivity index (χ0v) is 8.90. The fourth-order valence-corrected chi connectivity index (χ4v) is 2.57. The molecule has 1 atom stereocenters. The number of aryl methyl sites for hydroxylation is 2. The quantitative estimate of drug-likeness (QED) is 0.696. The summed E-state index contributed by atoms with van der Waals surface area (Å²) in [4.78, 5) is 0. The van der Waals surface area contributed by atoms with Crippen LogP contribution in [0.15, 0.2) is 24.3 Å². The zero-order valence-electron chi connectivity index (χ0n) is 8.90. The van der Waals surface area contributed by atoms with Gasteiger partial charge in [0.1, 0.15) is 0 Å². The van der Waals surface area contributed by atoms with Crippen molar-refractivity contribution < 1.29 is 5.11 Å². The number of hydrogen-bond donors (Lipinski definition) is 1. The smallest absolute Gasteiger partial charge is 0.0940 e. The van der Waals surface area contributed by atoms with E-state index in [1.807, 2.05) is 0 Å². The minimum absolute atomic E-state index is 0.273. The van der Waals surface area contributed by atoms with Crippen LogP contribution < -0.4 is 0 Å². The Hall–Kier alpha value is -1.28. The standard InChI is InChI=1S/C13H15NO/c1-9-4-2-5-11-10(9)8-12-13(15)6-3-7-14(11)12/h2,4-5,8,13,15H,3,6-7H2,1H3. The Morgan fingerprint density at radius 3 is 3.13 bits per heavy atom. The molecule has 2 heterocycles. The number of benzene rings is 1. The highest BCUT2D eigenvalue weighted by Crippen LogP contribution is 2.32. The molecule has 0 fully saturated rings. The summed E-state index contributed by atoms with van der Waals surface area (Å²) in [5, 5.41) is 11.2. The molecule has 1 aromatic carbocycles. The lowest BCUT2D eigenvalue weighted by Crippen LogP contribution is -2.14. The molecule has 0 amide bonds. The van der Waals surface area contributed by atoms with E-state index >= 15 is 0 Å². The molecule has 1 unspecified atom stereocenters. The summed E-state index contributed by atoms with van der Waals surface area (Å²) in [6, 6.07) is 8.50. The Bertz CT molecular complexity index is 512. The van der Waals surface area contributed by atoms with Crippen molar-refractivity contribution >= 4 is 10.9 Å². The number of rotatable bonds is 0. The molecule has 15 heavy (non-hydrogen) atoms. The minimum atomic E-state index is -0.273. The highest BCUT2D eigenvalue weighted by atomic mass is 16.3. The molecule has 2 heteroatoms. The predicted octanol–water partition coefficient (Wildman–Crippen LogP) is 2.78. The first-order chi connectivity index (χ1) is 7.27. The van der Waals surface area contributed by atoms with Gasteiger partial charge < -0.3 is 9.67 Å². The second-order valence-corrected chi connectivity index (χ2v) is 4.39. The van der Waals surface area contributed by atoms with Gasteiger partial charge in [0.2, 0.25) is 0 Å². The fourth-order valence-electron chi connectivity index (χ4n) is 2.57. The van der Waals surface area contributed by atoms with Gasteiger partial charge in [0.15, 0.2) is 0 Å². The van der Waals surface area contributed by atoms with E-state index in [1.54, 1.807) is 0 Å². The van der Waals surface area contributed by atoms with Crippen LogP contribution in [-0.2, 0) is 6.54 Å². The number of hydrogen-bond acceptors (Lipinski definition) is 1. The molecule has 1 aliphatic heterocycles. The predicted molar refractivity (Wildman–Crippen MR) is 60.9 cm³/mol. The van der Waals surface area contributed by atoms with Crippen LogP contribution in [0.5, 0.6) is 0 Å². The maximum absolute atomic E-state index is 9.93. The number of nitrogens with zero attached hydrogens (tertiary/aromatic N) is 1. The van der Waals surface area contributed by atoms with E-state index in [0.29, 0.717) is 0 Å². The van der Waals surface area contributed by atoms with Gasteiger partial charge in [0.25, 0.3) is 0 Å². The van der Waals surface area contributed by atoms with Crippen LogP contribution in [0, 0.1) is 6.92 Å². The molecule has 0 aliphatic carbocycles. The van der Waals surface area contributed by atoms with E-state index < -0.39 is 0 Å². The van der Waals surface area contributed by atoms with Gasteiger partial charge >= 0.3 is 0 Å². The van der Waals surface area contributed by atoms with Gasteiger partial charge in [0.05, 0.1) is 6.10 Å². The molecular weight excluding hydrogens is 186 g/mol. The van der Waals surface area contributed by atoms with Crippen molar-refractivity contribution in [3.05, 3.63) is 35.5 Å². The first kappa shape index (κ1) is 8.98. The Kier molecular flexibility index (Phi) is 1.86. The van der Waals surface area contributed by atoms with Gasteiger partial charge in [-0.1, -0.05) is 12.1 Å². The van der Waals surface area contributed by atoms with Crippen LogP contribution in [0.2, 0.25) is 0 Å². The molecule has 0 bridgehead atoms. The topological polar surface area (TPSA) is 25.2 Å². The van der Waals surface area contributed by atoms with Crippen LogP contribution in [0.3, 0.4) is 0 Å². The minimum Gasteiger partial charge on any atom is -0.387 e. The third kappa shape index (κ3) is 1.21. The number of aliphatic hydroxyl groups excluding tert-OH is 1. The zero-order chi connectivity index (χ0) is 10.4. The van der Waals surface area contributed by atoms with Crippen molar-refractivity contribution in [1.29, 1.82) is 0 Å². The third-order valence-electron chi connectivity index (χ3n) is 3.40. The van der Waals surface area contributed by atoms with Crippen LogP contribution in [0.25, 0.3) is 10.9 Å². The van der Waals surface area contributed by atoms with Crippen molar-refractivity contribution in [2.75, 3.05) is 0 Å². The van der Waals surface area contributed by atoms with Crippen LogP contribution in [0.1, 0.15) is 30.2 Å². The van der Waals surface area contributed by atoms with Crippen molar-refractivity contribution in [3.8, 4) is 0 Å². The van der Waals surface area contributed by atoms with Gasteiger partial charge in [0, 0.05) is 23.1 Å². The van der Waals surface area contributed by atoms with E-state index in [-0.39, 0.29) is 6.10 Å². The normalized spacial score (nSPS) is 20.5. The molecule has 1 aromatic heterocycles. The average molecular weight is 201 g/mol. The fraction of sp³-hybridized carbons (Fsp3) is 0.385. The molecular formula is C13H15NO. The molecule has 3 rings (SSSR count). The second-order valence-electron chi connectivity index (χ2n) is 4.39. The Balaban J connectivity index is 2.35. The van der Waals surface area contributed by atoms with Crippen LogP contribution >= 0.6 is 0 Å². The Labute approximate surface area is 89.1 Å². The third-order valence-corrected chi connectivity index (χ3v) is 3.40. The lowest BCUT2D eigenvalue weighted by Gasteiger charge is -2.20. The van der Waals surface area contributed by atoms with Crippen molar-refractivity contribution in [3.63, 3.8) is 0 Å². The summed E-state index contributed by atoms with van der Waals surface area (Å²) in [5.74, 6) is 0. The highest BCUT2D eigenvalue weighted by Gasteiger charge is 2.20. The summed E-state index contributed by atoms with van der Waals surface area (Å²) in [5.41, 5.74) is 3.65. The molecule has 0 saturated carbocycles. The SMILES string of the molecule is Cc1cccc2c1cc1n2CCCC1O. The average Bonchev–Trinajstić information content (AvgIpc) is 2.60. The maximum atomic E-state index is 9.93. The summed E-state index contributed by atoms with van der Waals surface area (Å²) in [6.07, 6.45) is 1.70. The van der Waals surface area contributed by atoms with Crippen LogP contribution in [0.4, 0.5) is 0 Å². The van der Waals surface area contributed by atoms with E-state index in [2.05, 4.69) is 35.8 Å². The molecule has 1 N–H and O–H groups in total. The molecule has 0 saturated heterocycles. The summed E-state index contributed by atoms with van der Waals surface area (Å²) < 4.78 is 2.26. The monoisotopic (exact) mass is 201 g/mol. The summed E-state index contributed by atoms with van der Waals surface area (Å²) in [6.45, 7) is 3.17. The second kappa shape index (κ2) is 3.11. The highest BCUT2D eigenvalue weighted by molar-refractivity contribution is 5.84. The van der Waals surface area contributed by atoms with Gasteiger partial charge in [-0.15, -0.1) is 0 Å². The van der Waals surface area contributed by atoms with E-state index in [9.17, 15) is 5.11 Å². The van der Waals surface area contributed by atoms with E-state index in [0.717, 1.165) is 25.1 Å². The first-order valence-corrected chi connectivity index (χ1v) is 5.54. The number of aliphatic hydroxyl groups is 1. The lowest BCUT2D eigenvalue weighted by atomic mass is 10.1. The van der Waals surface area contributed by atoms with Gasteiger partial charge in [-0.05, 0) is 37.5 Å². The first-order valence-electron chi connectivity index (χ1n) is 5.54. The summed E-state index contributed by atoms with van der Waals surface area (Å²) in [7, 11) is 0. The maximum Gasteiger partial charge on any atom is 0.0940 e. The van der Waals surface area contributed by atoms with E-state index in [1.165, 1.54) is 16.5 Å². The van der Waals surface area contributed by atoms with Crippen molar-refractivity contribution in [1.82, 2.24) is 4.57 Å². The molecule has 0 spiro atoms. The molecule has 78 valence electrons. The van der Waals surface area contributed by atoms with E-state index in [4.69, 9.17) is 0 Å². The Morgan fingerprint density at radius 1 is 1.40 bits per heavy atom. The molecule has 2 aromatic rings. The van der Waals surface area contributed by atoms with Gasteiger partial charge in [-0.25, -0.2) is 0 Å². The Morgan fingerprint density at radius 2 is 2.27 bits per heavy atom. The number of aromatic nitrogens is 1. The van der Waals surface area contributed by atoms with Crippen molar-refractivity contribution in [2.24, 2.45) is 0 Å². The molecule has 2 nitrogen and oxygen atoms in total.